The number of rotatable bonds is 5. The normalized spacial score (nSPS) is 10.1. The monoisotopic (exact) mass is 300 g/mol. The highest BCUT2D eigenvalue weighted by atomic mass is 79.9. The van der Waals surface area contributed by atoms with E-state index in [1.165, 1.54) is 0 Å². The smallest absolute Gasteiger partial charge is 0.321 e. The first-order valence-corrected chi connectivity index (χ1v) is 6.39. The second kappa shape index (κ2) is 7.29. The van der Waals surface area contributed by atoms with E-state index in [9.17, 15) is 4.79 Å². The minimum Gasteiger partial charge on any atom is -0.395 e. The number of carbonyl (C=O) groups is 1. The minimum absolute atomic E-state index is 0.0201. The molecule has 0 aromatic heterocycles. The summed E-state index contributed by atoms with van der Waals surface area (Å²) in [6, 6.07) is 7.21. The Hall–Kier alpha value is -1.07. The summed E-state index contributed by atoms with van der Waals surface area (Å²) >= 11 is 3.33. The van der Waals surface area contributed by atoms with E-state index in [1.807, 2.05) is 31.2 Å². The molecule has 0 saturated heterocycles. The molecule has 2 N–H and O–H groups in total. The highest BCUT2D eigenvalue weighted by Gasteiger charge is 2.11. The van der Waals surface area contributed by atoms with E-state index >= 15 is 0 Å². The fourth-order valence-electron chi connectivity index (χ4n) is 1.44. The average Bonchev–Trinajstić information content (AvgIpc) is 2.32. The Labute approximate surface area is 110 Å². The number of aliphatic hydroxyl groups is 1. The molecule has 0 aliphatic heterocycles. The first kappa shape index (κ1) is 14.0. The lowest BCUT2D eigenvalue weighted by molar-refractivity contribution is 0.188. The van der Waals surface area contributed by atoms with Gasteiger partial charge in [0.2, 0.25) is 0 Å². The van der Waals surface area contributed by atoms with E-state index in [0.717, 1.165) is 16.6 Å². The number of carbonyl (C=O) groups excluding carboxylic acids is 1. The Morgan fingerprint density at radius 2 is 2.00 bits per heavy atom. The zero-order chi connectivity index (χ0) is 12.7. The maximum Gasteiger partial charge on any atom is 0.321 e. The Morgan fingerprint density at radius 3 is 2.53 bits per heavy atom. The molecule has 5 heteroatoms. The van der Waals surface area contributed by atoms with Crippen molar-refractivity contribution in [3.05, 3.63) is 28.7 Å². The molecule has 0 fully saturated rings. The van der Waals surface area contributed by atoms with E-state index < -0.39 is 0 Å². The van der Waals surface area contributed by atoms with E-state index in [1.54, 1.807) is 4.90 Å². The van der Waals surface area contributed by atoms with Gasteiger partial charge in [0.15, 0.2) is 0 Å². The number of benzene rings is 1. The van der Waals surface area contributed by atoms with Crippen LogP contribution in [0.5, 0.6) is 0 Å². The number of nitrogens with one attached hydrogen (secondary N) is 1. The Bertz CT molecular complexity index is 348. The van der Waals surface area contributed by atoms with Gasteiger partial charge in [-0.05, 0) is 30.7 Å². The lowest BCUT2D eigenvalue weighted by Crippen LogP contribution is -2.37. The Morgan fingerprint density at radius 1 is 1.35 bits per heavy atom. The topological polar surface area (TPSA) is 52.6 Å². The molecule has 0 atom stereocenters. The number of hydrogen-bond donors (Lipinski definition) is 2. The van der Waals surface area contributed by atoms with Crippen molar-refractivity contribution in [2.75, 3.05) is 25.0 Å². The summed E-state index contributed by atoms with van der Waals surface area (Å²) < 4.78 is 0.969. The molecule has 17 heavy (non-hydrogen) atoms. The third-order valence-corrected chi connectivity index (χ3v) is 2.77. The number of aliphatic hydroxyl groups excluding tert-OH is 1. The van der Waals surface area contributed by atoms with Crippen molar-refractivity contribution in [2.45, 2.75) is 13.3 Å². The van der Waals surface area contributed by atoms with Crippen LogP contribution in [0.4, 0.5) is 10.5 Å². The van der Waals surface area contributed by atoms with Gasteiger partial charge in [-0.25, -0.2) is 4.79 Å². The first-order chi connectivity index (χ1) is 8.17. The highest BCUT2D eigenvalue weighted by Crippen LogP contribution is 2.14. The molecule has 1 rings (SSSR count). The zero-order valence-corrected chi connectivity index (χ0v) is 11.4. The van der Waals surface area contributed by atoms with Gasteiger partial charge in [-0.15, -0.1) is 0 Å². The van der Waals surface area contributed by atoms with Crippen LogP contribution in [0, 0.1) is 0 Å². The molecule has 1 aromatic carbocycles. The predicted octanol–water partition coefficient (Wildman–Crippen LogP) is 2.69. The van der Waals surface area contributed by atoms with Crippen LogP contribution in [0.1, 0.15) is 13.3 Å². The fourth-order valence-corrected chi connectivity index (χ4v) is 1.71. The number of nitrogens with zero attached hydrogens (tertiary/aromatic N) is 1. The Kier molecular flexibility index (Phi) is 6.00. The highest BCUT2D eigenvalue weighted by molar-refractivity contribution is 9.10. The van der Waals surface area contributed by atoms with Crippen molar-refractivity contribution >= 4 is 27.6 Å². The summed E-state index contributed by atoms with van der Waals surface area (Å²) in [6.07, 6.45) is 0.869. The number of halogens is 1. The van der Waals surface area contributed by atoms with Crippen molar-refractivity contribution in [1.82, 2.24) is 4.90 Å². The third kappa shape index (κ3) is 4.75. The lowest BCUT2D eigenvalue weighted by Gasteiger charge is -2.21. The van der Waals surface area contributed by atoms with Crippen LogP contribution in [-0.4, -0.2) is 35.7 Å². The molecule has 0 aliphatic rings. The molecule has 0 unspecified atom stereocenters. The molecular formula is C12H17BrN2O2. The van der Waals surface area contributed by atoms with Gasteiger partial charge in [0, 0.05) is 23.2 Å². The number of anilines is 1. The second-order valence-corrected chi connectivity index (χ2v) is 4.56. The predicted molar refractivity (Wildman–Crippen MR) is 72.1 cm³/mol. The van der Waals surface area contributed by atoms with Crippen molar-refractivity contribution in [1.29, 1.82) is 0 Å². The average molecular weight is 301 g/mol. The van der Waals surface area contributed by atoms with Crippen LogP contribution in [0.2, 0.25) is 0 Å². The lowest BCUT2D eigenvalue weighted by atomic mass is 10.3. The summed E-state index contributed by atoms with van der Waals surface area (Å²) in [4.78, 5) is 13.5. The molecule has 0 heterocycles. The maximum absolute atomic E-state index is 11.9. The minimum atomic E-state index is -0.178. The van der Waals surface area contributed by atoms with Gasteiger partial charge >= 0.3 is 6.03 Å². The second-order valence-electron chi connectivity index (χ2n) is 3.65. The van der Waals surface area contributed by atoms with Gasteiger partial charge < -0.3 is 15.3 Å². The van der Waals surface area contributed by atoms with E-state index in [2.05, 4.69) is 21.2 Å². The number of amides is 2. The van der Waals surface area contributed by atoms with E-state index in [-0.39, 0.29) is 12.6 Å². The summed E-state index contributed by atoms with van der Waals surface area (Å²) in [5.41, 5.74) is 0.747. The molecule has 0 bridgehead atoms. The van der Waals surface area contributed by atoms with Crippen LogP contribution in [-0.2, 0) is 0 Å². The summed E-state index contributed by atoms with van der Waals surface area (Å²) in [5.74, 6) is 0. The van der Waals surface area contributed by atoms with Gasteiger partial charge in [0.05, 0.1) is 6.61 Å². The van der Waals surface area contributed by atoms with E-state index in [0.29, 0.717) is 13.1 Å². The van der Waals surface area contributed by atoms with Crippen LogP contribution in [0.25, 0.3) is 0 Å². The summed E-state index contributed by atoms with van der Waals surface area (Å²) in [7, 11) is 0. The number of hydrogen-bond acceptors (Lipinski definition) is 2. The number of urea groups is 1. The molecule has 1 aromatic rings. The van der Waals surface area contributed by atoms with Crippen molar-refractivity contribution in [3.8, 4) is 0 Å². The van der Waals surface area contributed by atoms with Crippen LogP contribution in [0.15, 0.2) is 28.7 Å². The molecule has 0 saturated carbocycles. The van der Waals surface area contributed by atoms with Gasteiger partial charge in [0.25, 0.3) is 0 Å². The first-order valence-electron chi connectivity index (χ1n) is 5.59. The van der Waals surface area contributed by atoms with Crippen LogP contribution in [0.3, 0.4) is 0 Å². The molecular weight excluding hydrogens is 284 g/mol. The van der Waals surface area contributed by atoms with Gasteiger partial charge in [-0.1, -0.05) is 22.9 Å². The van der Waals surface area contributed by atoms with Crippen LogP contribution >= 0.6 is 15.9 Å². The van der Waals surface area contributed by atoms with Gasteiger partial charge in [0.1, 0.15) is 0 Å². The van der Waals surface area contributed by atoms with E-state index in [4.69, 9.17) is 5.11 Å². The molecule has 4 nitrogen and oxygen atoms in total. The quantitative estimate of drug-likeness (QED) is 0.878. The summed E-state index contributed by atoms with van der Waals surface area (Å²) in [6.45, 7) is 2.98. The summed E-state index contributed by atoms with van der Waals surface area (Å²) in [5, 5.41) is 11.7. The van der Waals surface area contributed by atoms with Gasteiger partial charge in [-0.3, -0.25) is 0 Å². The molecule has 0 spiro atoms. The SMILES string of the molecule is CCCN(CCO)C(=O)Nc1ccc(Br)cc1. The van der Waals surface area contributed by atoms with Crippen LogP contribution < -0.4 is 5.32 Å². The molecule has 94 valence electrons. The molecule has 0 aliphatic carbocycles. The van der Waals surface area contributed by atoms with Crippen molar-refractivity contribution in [2.24, 2.45) is 0 Å². The zero-order valence-electron chi connectivity index (χ0n) is 9.82. The standard InChI is InChI=1S/C12H17BrN2O2/c1-2-7-15(8-9-16)12(17)14-11-5-3-10(13)4-6-11/h3-6,16H,2,7-9H2,1H3,(H,14,17). The fraction of sp³-hybridized carbons (Fsp3) is 0.417. The van der Waals surface area contributed by atoms with Gasteiger partial charge in [-0.2, -0.15) is 0 Å². The Balaban J connectivity index is 2.59. The molecule has 0 radical (unpaired) electrons. The third-order valence-electron chi connectivity index (χ3n) is 2.25. The molecule has 2 amide bonds. The largest absolute Gasteiger partial charge is 0.395 e. The maximum atomic E-state index is 11.9. The van der Waals surface area contributed by atoms with Crippen molar-refractivity contribution in [3.63, 3.8) is 0 Å². The van der Waals surface area contributed by atoms with Crippen molar-refractivity contribution < 1.29 is 9.90 Å².